The molecule has 2 aromatic carbocycles. The van der Waals surface area contributed by atoms with E-state index in [1.54, 1.807) is 0 Å². The molecule has 10 heteroatoms. The fraction of sp³-hybridized carbons (Fsp3) is 0.176. The van der Waals surface area contributed by atoms with E-state index in [1.165, 1.54) is 13.2 Å². The fourth-order valence-corrected chi connectivity index (χ4v) is 3.07. The monoisotopic (exact) mass is 376 g/mol. The maximum absolute atomic E-state index is 11.9. The maximum atomic E-state index is 11.9. The lowest BCUT2D eigenvalue weighted by Crippen LogP contribution is -2.07. The number of phenols is 1. The average molecular weight is 376 g/mol. The second-order valence-corrected chi connectivity index (χ2v) is 5.56. The number of aromatic hydroxyl groups is 1. The lowest BCUT2D eigenvalue weighted by atomic mass is 9.92. The number of benzene rings is 2. The number of carbonyl (C=O) groups is 2. The molecule has 4 rings (SSSR count). The van der Waals surface area contributed by atoms with Crippen molar-refractivity contribution in [2.75, 3.05) is 20.7 Å². The number of rotatable bonds is 4. The van der Waals surface area contributed by atoms with E-state index < -0.39 is 17.7 Å². The van der Waals surface area contributed by atoms with Gasteiger partial charge in [-0.05, 0) is 12.1 Å². The molecule has 0 saturated heterocycles. The number of fused-ring (bicyclic) bond motifs is 2. The molecule has 0 spiro atoms. The first-order chi connectivity index (χ1) is 12.9. The predicted molar refractivity (Wildman–Crippen MR) is 86.3 cm³/mol. The van der Waals surface area contributed by atoms with Gasteiger partial charge in [0.05, 0.1) is 18.2 Å². The van der Waals surface area contributed by atoms with Gasteiger partial charge in [0.2, 0.25) is 25.1 Å². The minimum Gasteiger partial charge on any atom is -0.504 e. The Morgan fingerprint density at radius 2 is 1.33 bits per heavy atom. The van der Waals surface area contributed by atoms with Crippen molar-refractivity contribution in [3.63, 3.8) is 0 Å². The zero-order valence-corrected chi connectivity index (χ0v) is 13.8. The van der Waals surface area contributed by atoms with Gasteiger partial charge in [-0.2, -0.15) is 0 Å². The Morgan fingerprint density at radius 3 is 1.89 bits per heavy atom. The van der Waals surface area contributed by atoms with Crippen molar-refractivity contribution in [3.05, 3.63) is 23.3 Å². The molecule has 2 aromatic rings. The normalized spacial score (nSPS) is 13.5. The van der Waals surface area contributed by atoms with Crippen LogP contribution in [0, 0.1) is 0 Å². The number of aromatic carboxylic acids is 2. The Morgan fingerprint density at radius 1 is 0.852 bits per heavy atom. The van der Waals surface area contributed by atoms with Crippen LogP contribution in [0.15, 0.2) is 12.1 Å². The minimum absolute atomic E-state index is 0.00219. The molecule has 10 nitrogen and oxygen atoms in total. The molecule has 0 atom stereocenters. The molecule has 27 heavy (non-hydrogen) atoms. The second-order valence-electron chi connectivity index (χ2n) is 5.56. The standard InChI is InChI=1S/C17H12O10/c1-23-9-3-7(17(21)22)11(15-13(9)25-5-27-15)10-6(16(19)20)2-8(18)12-14(10)26-4-24-12/h2-3,18H,4-5H2,1H3,(H,19,20)(H,21,22). The number of carboxylic acid groups (broad SMARTS) is 2. The second kappa shape index (κ2) is 5.87. The molecule has 0 fully saturated rings. The van der Waals surface area contributed by atoms with Crippen LogP contribution in [0.5, 0.6) is 34.5 Å². The van der Waals surface area contributed by atoms with Crippen molar-refractivity contribution in [2.24, 2.45) is 0 Å². The number of ether oxygens (including phenoxy) is 5. The van der Waals surface area contributed by atoms with Crippen LogP contribution in [0.2, 0.25) is 0 Å². The summed E-state index contributed by atoms with van der Waals surface area (Å²) in [5, 5.41) is 29.3. The first-order valence-corrected chi connectivity index (χ1v) is 7.57. The molecule has 140 valence electrons. The Kier molecular flexibility index (Phi) is 3.62. The van der Waals surface area contributed by atoms with E-state index in [2.05, 4.69) is 0 Å². The summed E-state index contributed by atoms with van der Waals surface area (Å²) in [6.45, 7) is -0.473. The SMILES string of the molecule is COc1cc(C(=O)O)c(-c2c(C(=O)O)cc(O)c3c2OCO3)c2c1OCO2. The highest BCUT2D eigenvalue weighted by Crippen LogP contribution is 2.56. The van der Waals surface area contributed by atoms with Crippen LogP contribution in [-0.2, 0) is 0 Å². The fourth-order valence-electron chi connectivity index (χ4n) is 3.07. The number of methoxy groups -OCH3 is 1. The van der Waals surface area contributed by atoms with Crippen LogP contribution in [0.1, 0.15) is 20.7 Å². The van der Waals surface area contributed by atoms with Crippen molar-refractivity contribution < 1.29 is 48.6 Å². The topological polar surface area (TPSA) is 141 Å². The van der Waals surface area contributed by atoms with E-state index >= 15 is 0 Å². The Labute approximate surface area is 151 Å². The third-order valence-corrected chi connectivity index (χ3v) is 4.16. The summed E-state index contributed by atoms with van der Waals surface area (Å²) >= 11 is 0. The van der Waals surface area contributed by atoms with E-state index in [0.717, 1.165) is 6.07 Å². The molecule has 0 aromatic heterocycles. The third kappa shape index (κ3) is 2.34. The quantitative estimate of drug-likeness (QED) is 0.724. The highest BCUT2D eigenvalue weighted by molar-refractivity contribution is 6.07. The molecule has 2 aliphatic rings. The highest BCUT2D eigenvalue weighted by Gasteiger charge is 2.36. The van der Waals surface area contributed by atoms with E-state index in [4.69, 9.17) is 23.7 Å². The van der Waals surface area contributed by atoms with Gasteiger partial charge < -0.3 is 39.0 Å². The maximum Gasteiger partial charge on any atom is 0.336 e. The molecule has 2 aliphatic heterocycles. The lowest BCUT2D eigenvalue weighted by Gasteiger charge is -2.16. The molecule has 0 unspecified atom stereocenters. The van der Waals surface area contributed by atoms with Crippen LogP contribution in [-0.4, -0.2) is 48.0 Å². The summed E-state index contributed by atoms with van der Waals surface area (Å²) in [4.78, 5) is 23.7. The van der Waals surface area contributed by atoms with Crippen molar-refractivity contribution in [3.8, 4) is 45.6 Å². The number of phenolic OH excluding ortho intramolecular Hbond substituents is 1. The van der Waals surface area contributed by atoms with Gasteiger partial charge in [0.15, 0.2) is 23.0 Å². The van der Waals surface area contributed by atoms with Crippen molar-refractivity contribution in [2.45, 2.75) is 0 Å². The highest BCUT2D eigenvalue weighted by atomic mass is 16.7. The minimum atomic E-state index is -1.40. The number of hydrogen-bond donors (Lipinski definition) is 3. The molecule has 2 heterocycles. The van der Waals surface area contributed by atoms with Crippen LogP contribution < -0.4 is 23.7 Å². The largest absolute Gasteiger partial charge is 0.504 e. The van der Waals surface area contributed by atoms with E-state index in [-0.39, 0.29) is 64.6 Å². The van der Waals surface area contributed by atoms with E-state index in [9.17, 15) is 24.9 Å². The molecule has 0 amide bonds. The Hall–Kier alpha value is -3.82. The van der Waals surface area contributed by atoms with Crippen molar-refractivity contribution >= 4 is 11.9 Å². The molecule has 0 bridgehead atoms. The van der Waals surface area contributed by atoms with Crippen LogP contribution in [0.25, 0.3) is 11.1 Å². The number of hydrogen-bond acceptors (Lipinski definition) is 8. The Balaban J connectivity index is 2.15. The van der Waals surface area contributed by atoms with Gasteiger partial charge in [-0.1, -0.05) is 0 Å². The zero-order chi connectivity index (χ0) is 19.3. The molecule has 0 radical (unpaired) electrons. The van der Waals surface area contributed by atoms with Crippen LogP contribution in [0.4, 0.5) is 0 Å². The zero-order valence-electron chi connectivity index (χ0n) is 13.8. The van der Waals surface area contributed by atoms with Crippen molar-refractivity contribution in [1.29, 1.82) is 0 Å². The Bertz CT molecular complexity index is 994. The van der Waals surface area contributed by atoms with Gasteiger partial charge in [0.25, 0.3) is 0 Å². The van der Waals surface area contributed by atoms with Gasteiger partial charge in [-0.15, -0.1) is 0 Å². The summed E-state index contributed by atoms with van der Waals surface area (Å²) in [6.07, 6.45) is 0. The summed E-state index contributed by atoms with van der Waals surface area (Å²) in [5.41, 5.74) is -0.853. The summed E-state index contributed by atoms with van der Waals surface area (Å²) in [6, 6.07) is 2.16. The summed E-state index contributed by atoms with van der Waals surface area (Å²) in [7, 11) is 1.33. The lowest BCUT2D eigenvalue weighted by molar-refractivity contribution is 0.0683. The molecule has 0 aliphatic carbocycles. The molecule has 3 N–H and O–H groups in total. The van der Waals surface area contributed by atoms with E-state index in [1.807, 2.05) is 0 Å². The average Bonchev–Trinajstić information content (AvgIpc) is 3.30. The summed E-state index contributed by atoms with van der Waals surface area (Å²) < 4.78 is 26.4. The molecule has 0 saturated carbocycles. The smallest absolute Gasteiger partial charge is 0.336 e. The van der Waals surface area contributed by atoms with Gasteiger partial charge >= 0.3 is 11.9 Å². The number of carboxylic acids is 2. The first kappa shape index (κ1) is 16.6. The first-order valence-electron chi connectivity index (χ1n) is 7.57. The van der Waals surface area contributed by atoms with Crippen LogP contribution in [0.3, 0.4) is 0 Å². The molecular weight excluding hydrogens is 364 g/mol. The molecular formula is C17H12O10. The van der Waals surface area contributed by atoms with E-state index in [0.29, 0.717) is 0 Å². The van der Waals surface area contributed by atoms with Gasteiger partial charge in [-0.3, -0.25) is 0 Å². The third-order valence-electron chi connectivity index (χ3n) is 4.16. The van der Waals surface area contributed by atoms with Gasteiger partial charge in [0, 0.05) is 11.1 Å². The predicted octanol–water partition coefficient (Wildman–Crippen LogP) is 1.92. The van der Waals surface area contributed by atoms with Gasteiger partial charge in [-0.25, -0.2) is 9.59 Å². The van der Waals surface area contributed by atoms with Crippen LogP contribution >= 0.6 is 0 Å². The van der Waals surface area contributed by atoms with Crippen molar-refractivity contribution in [1.82, 2.24) is 0 Å². The van der Waals surface area contributed by atoms with Gasteiger partial charge in [0.1, 0.15) is 0 Å². The summed E-state index contributed by atoms with van der Waals surface area (Å²) in [5.74, 6) is -3.13.